The van der Waals surface area contributed by atoms with Crippen LogP contribution in [0.5, 0.6) is 0 Å². The molecule has 6 nitrogen and oxygen atoms in total. The maximum absolute atomic E-state index is 12.3. The molecule has 0 spiro atoms. The Morgan fingerprint density at radius 3 is 2.87 bits per heavy atom. The molecule has 1 aliphatic heterocycles. The van der Waals surface area contributed by atoms with Gasteiger partial charge in [-0.1, -0.05) is 36.5 Å². The third kappa shape index (κ3) is 3.24. The molecule has 1 saturated heterocycles. The van der Waals surface area contributed by atoms with Crippen LogP contribution < -0.4 is 10.2 Å². The van der Waals surface area contributed by atoms with E-state index < -0.39 is 0 Å². The third-order valence-corrected chi connectivity index (χ3v) is 4.67. The van der Waals surface area contributed by atoms with Crippen LogP contribution in [0.25, 0.3) is 0 Å². The van der Waals surface area contributed by atoms with Crippen LogP contribution in [-0.4, -0.2) is 28.6 Å². The number of hydrogen-bond donors (Lipinski definition) is 1. The first-order valence-electron chi connectivity index (χ1n) is 7.57. The lowest BCUT2D eigenvalue weighted by atomic mass is 10.1. The number of carbonyl (C=O) groups is 2. The summed E-state index contributed by atoms with van der Waals surface area (Å²) >= 11 is 1.33. The summed E-state index contributed by atoms with van der Waals surface area (Å²) in [5.74, 6) is -0.554. The summed E-state index contributed by atoms with van der Waals surface area (Å²) in [6, 6.07) is 7.83. The molecule has 1 fully saturated rings. The van der Waals surface area contributed by atoms with Gasteiger partial charge < -0.3 is 10.2 Å². The summed E-state index contributed by atoms with van der Waals surface area (Å²) in [5, 5.41) is 11.8. The van der Waals surface area contributed by atoms with Crippen molar-refractivity contribution in [1.29, 1.82) is 0 Å². The van der Waals surface area contributed by atoms with Crippen molar-refractivity contribution in [3.8, 4) is 0 Å². The van der Waals surface area contributed by atoms with E-state index in [1.54, 1.807) is 4.90 Å². The molecule has 1 aromatic heterocycles. The molecule has 0 bridgehead atoms. The van der Waals surface area contributed by atoms with Gasteiger partial charge in [0.25, 0.3) is 0 Å². The SMILES string of the molecule is CCc1ccccc1N1C[C@@H](C(=O)Nc2nnc(C)s2)CC1=O. The van der Waals surface area contributed by atoms with E-state index in [0.717, 1.165) is 22.7 Å². The monoisotopic (exact) mass is 330 g/mol. The smallest absolute Gasteiger partial charge is 0.231 e. The number of benzene rings is 1. The minimum absolute atomic E-state index is 0.0144. The standard InChI is InChI=1S/C16H18N4O2S/c1-3-11-6-4-5-7-13(11)20-9-12(8-14(20)21)15(22)17-16-19-18-10(2)23-16/h4-7,12H,3,8-9H2,1-2H3,(H,17,19,22)/t12-/m0/s1. The molecule has 1 aromatic carbocycles. The zero-order chi connectivity index (χ0) is 16.4. The molecular formula is C16H18N4O2S. The summed E-state index contributed by atoms with van der Waals surface area (Å²) in [6.45, 7) is 4.29. The number of aromatic nitrogens is 2. The molecule has 1 aliphatic rings. The number of amides is 2. The zero-order valence-electron chi connectivity index (χ0n) is 13.1. The maximum Gasteiger partial charge on any atom is 0.231 e. The molecular weight excluding hydrogens is 312 g/mol. The van der Waals surface area contributed by atoms with Gasteiger partial charge in [-0.2, -0.15) is 0 Å². The van der Waals surface area contributed by atoms with Gasteiger partial charge in [-0.3, -0.25) is 9.59 Å². The predicted molar refractivity (Wildman–Crippen MR) is 89.6 cm³/mol. The number of carbonyl (C=O) groups excluding carboxylic acids is 2. The van der Waals surface area contributed by atoms with Crippen molar-refractivity contribution in [2.75, 3.05) is 16.8 Å². The predicted octanol–water partition coefficient (Wildman–Crippen LogP) is 2.40. The highest BCUT2D eigenvalue weighted by Gasteiger charge is 2.36. The fraction of sp³-hybridized carbons (Fsp3) is 0.375. The van der Waals surface area contributed by atoms with Crippen molar-refractivity contribution in [1.82, 2.24) is 10.2 Å². The molecule has 7 heteroatoms. The number of anilines is 2. The third-order valence-electron chi connectivity index (χ3n) is 3.92. The number of hydrogen-bond acceptors (Lipinski definition) is 5. The topological polar surface area (TPSA) is 75.2 Å². The van der Waals surface area contributed by atoms with Crippen molar-refractivity contribution in [2.24, 2.45) is 5.92 Å². The van der Waals surface area contributed by atoms with Crippen LogP contribution in [0.15, 0.2) is 24.3 Å². The lowest BCUT2D eigenvalue weighted by Crippen LogP contribution is -2.28. The average molecular weight is 330 g/mol. The van der Waals surface area contributed by atoms with E-state index in [9.17, 15) is 9.59 Å². The largest absolute Gasteiger partial charge is 0.311 e. The van der Waals surface area contributed by atoms with Crippen LogP contribution in [0.2, 0.25) is 0 Å². The molecule has 2 aromatic rings. The molecule has 1 atom stereocenters. The normalized spacial score (nSPS) is 17.6. The lowest BCUT2D eigenvalue weighted by Gasteiger charge is -2.19. The van der Waals surface area contributed by atoms with Gasteiger partial charge in [0.15, 0.2) is 0 Å². The van der Waals surface area contributed by atoms with E-state index in [-0.39, 0.29) is 24.2 Å². The van der Waals surface area contributed by atoms with E-state index in [0.29, 0.717) is 11.7 Å². The summed E-state index contributed by atoms with van der Waals surface area (Å²) < 4.78 is 0. The molecule has 0 radical (unpaired) electrons. The van der Waals surface area contributed by atoms with E-state index >= 15 is 0 Å². The molecule has 1 N–H and O–H groups in total. The van der Waals surface area contributed by atoms with E-state index in [1.807, 2.05) is 31.2 Å². The molecule has 0 saturated carbocycles. The Hall–Kier alpha value is -2.28. The number of nitrogens with one attached hydrogen (secondary N) is 1. The zero-order valence-corrected chi connectivity index (χ0v) is 13.9. The Labute approximate surface area is 138 Å². The van der Waals surface area contributed by atoms with Crippen LogP contribution in [0.3, 0.4) is 0 Å². The number of rotatable bonds is 4. The first kappa shape index (κ1) is 15.6. The lowest BCUT2D eigenvalue weighted by molar-refractivity contribution is -0.122. The molecule has 120 valence electrons. The van der Waals surface area contributed by atoms with Gasteiger partial charge in [0.05, 0.1) is 5.92 Å². The molecule has 23 heavy (non-hydrogen) atoms. The maximum atomic E-state index is 12.3. The number of aryl methyl sites for hydroxylation is 2. The average Bonchev–Trinajstić information content (AvgIpc) is 3.13. The first-order chi connectivity index (χ1) is 11.1. The minimum Gasteiger partial charge on any atom is -0.311 e. The summed E-state index contributed by atoms with van der Waals surface area (Å²) in [6.07, 6.45) is 1.07. The Kier molecular flexibility index (Phi) is 4.38. The molecule has 0 aliphatic carbocycles. The number of para-hydroxylation sites is 1. The number of nitrogens with zero attached hydrogens (tertiary/aromatic N) is 3. The van der Waals surface area contributed by atoms with Crippen molar-refractivity contribution >= 4 is 34.0 Å². The van der Waals surface area contributed by atoms with Gasteiger partial charge in [0.1, 0.15) is 5.01 Å². The van der Waals surface area contributed by atoms with Crippen LogP contribution in [0.4, 0.5) is 10.8 Å². The van der Waals surface area contributed by atoms with Gasteiger partial charge >= 0.3 is 0 Å². The van der Waals surface area contributed by atoms with Crippen LogP contribution in [0, 0.1) is 12.8 Å². The Morgan fingerprint density at radius 1 is 1.39 bits per heavy atom. The van der Waals surface area contributed by atoms with Crippen LogP contribution >= 0.6 is 11.3 Å². The van der Waals surface area contributed by atoms with Gasteiger partial charge in [-0.15, -0.1) is 10.2 Å². The van der Waals surface area contributed by atoms with Gasteiger partial charge in [0.2, 0.25) is 16.9 Å². The second kappa shape index (κ2) is 6.45. The highest BCUT2D eigenvalue weighted by atomic mass is 32.1. The highest BCUT2D eigenvalue weighted by molar-refractivity contribution is 7.15. The summed E-state index contributed by atoms with van der Waals surface area (Å²) in [4.78, 5) is 26.4. The summed E-state index contributed by atoms with van der Waals surface area (Å²) in [5.41, 5.74) is 2.02. The fourth-order valence-electron chi connectivity index (χ4n) is 2.74. The molecule has 2 amide bonds. The minimum atomic E-state index is -0.364. The van der Waals surface area contributed by atoms with Gasteiger partial charge in [0, 0.05) is 18.7 Å². The van der Waals surface area contributed by atoms with Gasteiger partial charge in [-0.25, -0.2) is 0 Å². The highest BCUT2D eigenvalue weighted by Crippen LogP contribution is 2.29. The molecule has 0 unspecified atom stereocenters. The van der Waals surface area contributed by atoms with Crippen molar-refractivity contribution in [3.05, 3.63) is 34.8 Å². The van der Waals surface area contributed by atoms with E-state index in [1.165, 1.54) is 11.3 Å². The van der Waals surface area contributed by atoms with Gasteiger partial charge in [-0.05, 0) is 25.0 Å². The molecule has 3 rings (SSSR count). The second-order valence-corrected chi connectivity index (χ2v) is 6.68. The van der Waals surface area contributed by atoms with Crippen molar-refractivity contribution < 1.29 is 9.59 Å². The second-order valence-electron chi connectivity index (χ2n) is 5.50. The first-order valence-corrected chi connectivity index (χ1v) is 8.39. The Morgan fingerprint density at radius 2 is 2.17 bits per heavy atom. The Balaban J connectivity index is 1.73. The Bertz CT molecular complexity index is 743. The fourth-order valence-corrected chi connectivity index (χ4v) is 3.34. The van der Waals surface area contributed by atoms with Crippen LogP contribution in [0.1, 0.15) is 23.9 Å². The quantitative estimate of drug-likeness (QED) is 0.934. The van der Waals surface area contributed by atoms with E-state index in [2.05, 4.69) is 22.4 Å². The van der Waals surface area contributed by atoms with Crippen molar-refractivity contribution in [3.63, 3.8) is 0 Å². The summed E-state index contributed by atoms with van der Waals surface area (Å²) in [7, 11) is 0. The van der Waals surface area contributed by atoms with Crippen molar-refractivity contribution in [2.45, 2.75) is 26.7 Å². The molecule has 2 heterocycles. The van der Waals surface area contributed by atoms with E-state index in [4.69, 9.17) is 0 Å². The van der Waals surface area contributed by atoms with Crippen LogP contribution in [-0.2, 0) is 16.0 Å².